The number of hydrogen-bond donors (Lipinski definition) is 2. The largest absolute Gasteiger partial charge is 0.489 e. The third-order valence-corrected chi connectivity index (χ3v) is 3.80. The maximum absolute atomic E-state index is 5.91. The molecule has 114 valence electrons. The summed E-state index contributed by atoms with van der Waals surface area (Å²) in [7, 11) is 0. The van der Waals surface area contributed by atoms with Crippen molar-refractivity contribution in [2.75, 3.05) is 19.8 Å². The van der Waals surface area contributed by atoms with Crippen molar-refractivity contribution in [3.05, 3.63) is 18.0 Å². The number of aromatic amines is 1. The maximum atomic E-state index is 5.91. The van der Waals surface area contributed by atoms with Gasteiger partial charge in [-0.15, -0.1) is 0 Å². The first-order chi connectivity index (χ1) is 10.2. The summed E-state index contributed by atoms with van der Waals surface area (Å²) < 4.78 is 11.4. The molecule has 0 amide bonds. The summed E-state index contributed by atoms with van der Waals surface area (Å²) in [5.41, 5.74) is 7.80. The van der Waals surface area contributed by atoms with Crippen LogP contribution in [0.5, 0.6) is 11.5 Å². The number of aromatic nitrogens is 2. The van der Waals surface area contributed by atoms with Crippen LogP contribution in [0.1, 0.15) is 38.4 Å². The Morgan fingerprint density at radius 2 is 1.95 bits per heavy atom. The molecule has 1 aromatic heterocycles. The highest BCUT2D eigenvalue weighted by Crippen LogP contribution is 2.34. The minimum Gasteiger partial charge on any atom is -0.489 e. The van der Waals surface area contributed by atoms with E-state index < -0.39 is 0 Å². The Morgan fingerprint density at radius 3 is 2.62 bits per heavy atom. The SMILES string of the molecule is CC(C)CC(CN)c1nc2cc3c(cc2[nH]1)OCCCO3. The Labute approximate surface area is 124 Å². The van der Waals surface area contributed by atoms with Gasteiger partial charge in [-0.1, -0.05) is 13.8 Å². The highest BCUT2D eigenvalue weighted by Gasteiger charge is 2.18. The zero-order chi connectivity index (χ0) is 14.8. The van der Waals surface area contributed by atoms with Gasteiger partial charge in [-0.2, -0.15) is 0 Å². The summed E-state index contributed by atoms with van der Waals surface area (Å²) in [5.74, 6) is 3.39. The Kier molecular flexibility index (Phi) is 4.01. The van der Waals surface area contributed by atoms with Gasteiger partial charge in [0.1, 0.15) is 5.82 Å². The summed E-state index contributed by atoms with van der Waals surface area (Å²) in [6.07, 6.45) is 1.94. The smallest absolute Gasteiger partial charge is 0.163 e. The fraction of sp³-hybridized carbons (Fsp3) is 0.562. The number of imidazole rings is 1. The zero-order valence-electron chi connectivity index (χ0n) is 12.7. The second kappa shape index (κ2) is 5.93. The molecule has 3 rings (SSSR count). The van der Waals surface area contributed by atoms with E-state index in [2.05, 4.69) is 18.8 Å². The van der Waals surface area contributed by atoms with Gasteiger partial charge in [0.25, 0.3) is 0 Å². The molecule has 0 bridgehead atoms. The van der Waals surface area contributed by atoms with Crippen molar-refractivity contribution in [1.29, 1.82) is 0 Å². The van der Waals surface area contributed by atoms with Gasteiger partial charge in [0.05, 0.1) is 24.2 Å². The first-order valence-corrected chi connectivity index (χ1v) is 7.66. The first kappa shape index (κ1) is 14.2. The molecule has 1 unspecified atom stereocenters. The van der Waals surface area contributed by atoms with Crippen LogP contribution in [0.4, 0.5) is 0 Å². The maximum Gasteiger partial charge on any atom is 0.163 e. The molecule has 0 saturated carbocycles. The highest BCUT2D eigenvalue weighted by atomic mass is 16.5. The van der Waals surface area contributed by atoms with Crippen LogP contribution < -0.4 is 15.2 Å². The summed E-state index contributed by atoms with van der Waals surface area (Å²) in [6, 6.07) is 3.94. The first-order valence-electron chi connectivity index (χ1n) is 7.66. The summed E-state index contributed by atoms with van der Waals surface area (Å²) in [5, 5.41) is 0. The van der Waals surface area contributed by atoms with E-state index in [1.807, 2.05) is 12.1 Å². The third-order valence-electron chi connectivity index (χ3n) is 3.80. The van der Waals surface area contributed by atoms with Crippen LogP contribution in [-0.4, -0.2) is 29.7 Å². The van der Waals surface area contributed by atoms with Crippen molar-refractivity contribution in [3.63, 3.8) is 0 Å². The summed E-state index contributed by atoms with van der Waals surface area (Å²) in [4.78, 5) is 8.10. The van der Waals surface area contributed by atoms with Crippen LogP contribution in [0.15, 0.2) is 12.1 Å². The minimum atomic E-state index is 0.263. The topological polar surface area (TPSA) is 73.2 Å². The summed E-state index contributed by atoms with van der Waals surface area (Å²) in [6.45, 7) is 6.39. The third kappa shape index (κ3) is 2.97. The quantitative estimate of drug-likeness (QED) is 0.907. The van der Waals surface area contributed by atoms with Gasteiger partial charge in [-0.05, 0) is 12.3 Å². The molecular weight excluding hydrogens is 266 g/mol. The monoisotopic (exact) mass is 289 g/mol. The van der Waals surface area contributed by atoms with Gasteiger partial charge in [-0.25, -0.2) is 4.98 Å². The van der Waals surface area contributed by atoms with Gasteiger partial charge in [-0.3, -0.25) is 0 Å². The fourth-order valence-corrected chi connectivity index (χ4v) is 2.77. The predicted octanol–water partition coefficient (Wildman–Crippen LogP) is 2.81. The number of fused-ring (bicyclic) bond motifs is 2. The Morgan fingerprint density at radius 1 is 1.24 bits per heavy atom. The molecule has 2 heterocycles. The molecule has 0 spiro atoms. The van der Waals surface area contributed by atoms with Crippen molar-refractivity contribution in [3.8, 4) is 11.5 Å². The normalized spacial score (nSPS) is 16.2. The molecule has 0 saturated heterocycles. The van der Waals surface area contributed by atoms with Gasteiger partial charge in [0, 0.05) is 31.0 Å². The van der Waals surface area contributed by atoms with E-state index in [0.29, 0.717) is 25.7 Å². The van der Waals surface area contributed by atoms with Gasteiger partial charge >= 0.3 is 0 Å². The highest BCUT2D eigenvalue weighted by molar-refractivity contribution is 5.80. The number of H-pyrrole nitrogens is 1. The van der Waals surface area contributed by atoms with Crippen LogP contribution in [0.25, 0.3) is 11.0 Å². The molecule has 2 aromatic rings. The lowest BCUT2D eigenvalue weighted by Crippen LogP contribution is -2.15. The van der Waals surface area contributed by atoms with Crippen LogP contribution in [0.3, 0.4) is 0 Å². The van der Waals surface area contributed by atoms with E-state index in [0.717, 1.165) is 41.2 Å². The Balaban J connectivity index is 1.96. The lowest BCUT2D eigenvalue weighted by molar-refractivity contribution is 0.297. The number of nitrogens with zero attached hydrogens (tertiary/aromatic N) is 1. The molecule has 1 atom stereocenters. The second-order valence-corrected chi connectivity index (χ2v) is 6.05. The predicted molar refractivity (Wildman–Crippen MR) is 83.0 cm³/mol. The fourth-order valence-electron chi connectivity index (χ4n) is 2.77. The molecule has 1 aromatic carbocycles. The molecule has 1 aliphatic rings. The van der Waals surface area contributed by atoms with Crippen molar-refractivity contribution in [1.82, 2.24) is 9.97 Å². The van der Waals surface area contributed by atoms with E-state index in [4.69, 9.17) is 20.2 Å². The molecule has 3 N–H and O–H groups in total. The van der Waals surface area contributed by atoms with E-state index >= 15 is 0 Å². The second-order valence-electron chi connectivity index (χ2n) is 6.05. The molecule has 1 aliphatic heterocycles. The number of hydrogen-bond acceptors (Lipinski definition) is 4. The molecule has 0 aliphatic carbocycles. The number of benzene rings is 1. The van der Waals surface area contributed by atoms with Crippen LogP contribution in [-0.2, 0) is 0 Å². The molecule has 5 nitrogen and oxygen atoms in total. The van der Waals surface area contributed by atoms with Crippen molar-refractivity contribution >= 4 is 11.0 Å². The molecule has 0 radical (unpaired) electrons. The van der Waals surface area contributed by atoms with Crippen molar-refractivity contribution in [2.24, 2.45) is 11.7 Å². The van der Waals surface area contributed by atoms with Gasteiger partial charge < -0.3 is 20.2 Å². The van der Waals surface area contributed by atoms with E-state index in [9.17, 15) is 0 Å². The number of ether oxygens (including phenoxy) is 2. The zero-order valence-corrected chi connectivity index (χ0v) is 12.7. The van der Waals surface area contributed by atoms with Crippen molar-refractivity contribution in [2.45, 2.75) is 32.6 Å². The number of nitrogens with one attached hydrogen (secondary N) is 1. The van der Waals surface area contributed by atoms with Gasteiger partial charge in [0.2, 0.25) is 0 Å². The van der Waals surface area contributed by atoms with E-state index in [1.54, 1.807) is 0 Å². The van der Waals surface area contributed by atoms with Crippen LogP contribution in [0.2, 0.25) is 0 Å². The molecule has 5 heteroatoms. The summed E-state index contributed by atoms with van der Waals surface area (Å²) >= 11 is 0. The van der Waals surface area contributed by atoms with E-state index in [-0.39, 0.29) is 5.92 Å². The van der Waals surface area contributed by atoms with Gasteiger partial charge in [0.15, 0.2) is 11.5 Å². The Hall–Kier alpha value is -1.75. The molecule has 21 heavy (non-hydrogen) atoms. The minimum absolute atomic E-state index is 0.263. The molecule has 0 fully saturated rings. The average Bonchev–Trinajstić information content (AvgIpc) is 2.72. The lowest BCUT2D eigenvalue weighted by atomic mass is 9.97. The average molecular weight is 289 g/mol. The molecular formula is C16H23N3O2. The number of rotatable bonds is 4. The lowest BCUT2D eigenvalue weighted by Gasteiger charge is -2.14. The van der Waals surface area contributed by atoms with Crippen LogP contribution in [0, 0.1) is 5.92 Å². The van der Waals surface area contributed by atoms with E-state index in [1.165, 1.54) is 0 Å². The van der Waals surface area contributed by atoms with Crippen molar-refractivity contribution < 1.29 is 9.47 Å². The standard InChI is InChI=1S/C16H23N3O2/c1-10(2)6-11(9-17)16-18-12-7-14-15(8-13(12)19-16)21-5-3-4-20-14/h7-8,10-11H,3-6,9,17H2,1-2H3,(H,18,19). The Bertz CT molecular complexity index is 578. The van der Waals surface area contributed by atoms with Crippen LogP contribution >= 0.6 is 0 Å². The number of nitrogens with two attached hydrogens (primary N) is 1.